The Balaban J connectivity index is 2.21. The number of hydrogen-bond acceptors (Lipinski definition) is 3. The number of carbonyl (C=O) groups is 1. The highest BCUT2D eigenvalue weighted by Crippen LogP contribution is 2.41. The van der Waals surface area contributed by atoms with Gasteiger partial charge in [0.2, 0.25) is 0 Å². The molecule has 0 N–H and O–H groups in total. The molecule has 0 bridgehead atoms. The number of cyclic esters (lactones) is 1. The van der Waals surface area contributed by atoms with Gasteiger partial charge >= 0.3 is 6.09 Å². The molecule has 1 aromatic carbocycles. The van der Waals surface area contributed by atoms with Crippen LogP contribution in [0.5, 0.6) is 0 Å². The van der Waals surface area contributed by atoms with E-state index >= 15 is 0 Å². The van der Waals surface area contributed by atoms with Crippen LogP contribution < -0.4 is 3.11 Å². The molecule has 1 aliphatic heterocycles. The molecule has 0 radical (unpaired) electrons. The van der Waals surface area contributed by atoms with Crippen LogP contribution in [0.4, 0.5) is 10.5 Å². The number of hydrogen-bond donors (Lipinski definition) is 0. The normalized spacial score (nSPS) is 15.5. The summed E-state index contributed by atoms with van der Waals surface area (Å²) < 4.78 is 10.4. The van der Waals surface area contributed by atoms with E-state index in [4.69, 9.17) is 4.74 Å². The first-order valence-corrected chi connectivity index (χ1v) is 11.0. The average molecular weight is 770 g/mol. The number of benzene rings is 1. The van der Waals surface area contributed by atoms with Crippen molar-refractivity contribution < 1.29 is 9.53 Å². The smallest absolute Gasteiger partial charge is 0.407 e. The van der Waals surface area contributed by atoms with Gasteiger partial charge in [-0.15, -0.1) is 0 Å². The molecule has 0 aliphatic carbocycles. The van der Waals surface area contributed by atoms with E-state index in [0.717, 1.165) is 29.6 Å². The van der Waals surface area contributed by atoms with Gasteiger partial charge in [-0.1, -0.05) is 6.07 Å². The Bertz CT molecular complexity index is 896. The lowest BCUT2D eigenvalue weighted by molar-refractivity contribution is 0.203. The number of ether oxygens (including phenoxy) is 1. The summed E-state index contributed by atoms with van der Waals surface area (Å²) in [5.41, 5.74) is 4.48. The summed E-state index contributed by atoms with van der Waals surface area (Å²) in [5, 5.41) is 0. The Morgan fingerprint density at radius 2 is 1.88 bits per heavy atom. The summed E-state index contributed by atoms with van der Waals surface area (Å²) >= 11 is 8.82. The first kappa shape index (κ1) is 19.1. The second-order valence-corrected chi connectivity index (χ2v) is 9.53. The molecule has 0 saturated heterocycles. The largest absolute Gasteiger partial charge is 0.429 e. The maximum atomic E-state index is 12.2. The van der Waals surface area contributed by atoms with Crippen molar-refractivity contribution in [2.45, 2.75) is 13.8 Å². The van der Waals surface area contributed by atoms with Crippen molar-refractivity contribution in [2.24, 2.45) is 0 Å². The summed E-state index contributed by atoms with van der Waals surface area (Å²) in [4.78, 5) is 16.9. The lowest BCUT2D eigenvalue weighted by Crippen LogP contribution is -2.28. The number of pyridine rings is 1. The quantitative estimate of drug-likeness (QED) is 0.252. The fraction of sp³-hybridized carbons (Fsp3) is 0.125. The van der Waals surface area contributed by atoms with Gasteiger partial charge in [-0.05, 0) is 111 Å². The van der Waals surface area contributed by atoms with Gasteiger partial charge in [0.1, 0.15) is 11.4 Å². The van der Waals surface area contributed by atoms with Gasteiger partial charge in [-0.2, -0.15) is 0 Å². The molecule has 1 aliphatic rings. The molecule has 0 saturated carbocycles. The van der Waals surface area contributed by atoms with Crippen LogP contribution in [0.1, 0.15) is 22.5 Å². The third-order valence-corrected chi connectivity index (χ3v) is 8.67. The summed E-state index contributed by atoms with van der Waals surface area (Å²) in [7, 11) is 0. The number of carbonyl (C=O) groups excluding carboxylic acids is 1. The molecule has 8 heteroatoms. The molecule has 24 heavy (non-hydrogen) atoms. The highest BCUT2D eigenvalue weighted by atomic mass is 127. The van der Waals surface area contributed by atoms with Crippen molar-refractivity contribution in [2.75, 3.05) is 3.11 Å². The van der Waals surface area contributed by atoms with Crippen molar-refractivity contribution in [1.82, 2.24) is 4.98 Å². The van der Waals surface area contributed by atoms with E-state index in [2.05, 4.69) is 78.8 Å². The van der Waals surface area contributed by atoms with E-state index in [9.17, 15) is 4.79 Å². The average Bonchev–Trinajstić information content (AvgIpc) is 2.53. The van der Waals surface area contributed by atoms with Gasteiger partial charge in [-0.3, -0.25) is 0 Å². The van der Waals surface area contributed by atoms with Crippen molar-refractivity contribution in [3.8, 4) is 0 Å². The van der Waals surface area contributed by atoms with Crippen LogP contribution in [-0.4, -0.2) is 11.1 Å². The molecule has 4 nitrogen and oxygen atoms in total. The molecule has 2 aromatic rings. The molecule has 0 atom stereocenters. The van der Waals surface area contributed by atoms with Crippen LogP contribution in [0, 0.1) is 24.6 Å². The van der Waals surface area contributed by atoms with Crippen LogP contribution >= 0.6 is 90.6 Å². The monoisotopic (exact) mass is 770 g/mol. The van der Waals surface area contributed by atoms with Crippen molar-refractivity contribution in [3.05, 3.63) is 51.4 Å². The molecular formula is C16H10I4N2O2. The molecular weight excluding hydrogens is 760 g/mol. The van der Waals surface area contributed by atoms with Gasteiger partial charge in [0.15, 0.2) is 5.76 Å². The number of nitrogens with zero attached hydrogens (tertiary/aromatic N) is 2. The highest BCUT2D eigenvalue weighted by Gasteiger charge is 2.32. The van der Waals surface area contributed by atoms with E-state index in [0.29, 0.717) is 11.5 Å². The molecule has 124 valence electrons. The topological polar surface area (TPSA) is 42.4 Å². The number of aryl methyl sites for hydroxylation is 1. The van der Waals surface area contributed by atoms with Crippen molar-refractivity contribution in [1.29, 1.82) is 0 Å². The van der Waals surface area contributed by atoms with E-state index in [-0.39, 0.29) is 0 Å². The Labute approximate surface area is 194 Å². The minimum Gasteiger partial charge on any atom is -0.407 e. The van der Waals surface area contributed by atoms with Crippen LogP contribution in [0.2, 0.25) is 0 Å². The van der Waals surface area contributed by atoms with Gasteiger partial charge < -0.3 is 4.74 Å². The summed E-state index contributed by atoms with van der Waals surface area (Å²) in [6, 6.07) is 6.11. The van der Waals surface area contributed by atoms with E-state index in [1.54, 1.807) is 0 Å². The first-order chi connectivity index (χ1) is 11.3. The molecule has 3 rings (SSSR count). The van der Waals surface area contributed by atoms with Gasteiger partial charge in [0, 0.05) is 16.4 Å². The van der Waals surface area contributed by atoms with Crippen LogP contribution in [0.25, 0.3) is 11.8 Å². The Morgan fingerprint density at radius 1 is 1.17 bits per heavy atom. The molecule has 0 spiro atoms. The Kier molecular flexibility index (Phi) is 5.96. The van der Waals surface area contributed by atoms with Crippen molar-refractivity contribution >= 4 is 114 Å². The SMILES string of the molecule is Cc1nc2c(c(I)c1C)N(I)C(=O)O/C2=C\c1ccc(I)c(I)c1. The predicted octanol–water partition coefficient (Wildman–Crippen LogP) is 6.32. The second kappa shape index (κ2) is 7.50. The number of halogens is 4. The zero-order valence-corrected chi connectivity index (χ0v) is 21.2. The molecule has 0 fully saturated rings. The lowest BCUT2D eigenvalue weighted by atomic mass is 10.1. The third-order valence-electron chi connectivity index (χ3n) is 3.61. The zero-order chi connectivity index (χ0) is 17.6. The van der Waals surface area contributed by atoms with Gasteiger partial charge in [-0.25, -0.2) is 12.9 Å². The molecule has 1 amide bonds. The zero-order valence-electron chi connectivity index (χ0n) is 12.5. The predicted molar refractivity (Wildman–Crippen MR) is 129 cm³/mol. The summed E-state index contributed by atoms with van der Waals surface area (Å²) in [5.74, 6) is 0.487. The lowest BCUT2D eigenvalue weighted by Gasteiger charge is -2.27. The maximum Gasteiger partial charge on any atom is 0.429 e. The molecule has 1 aromatic heterocycles. The summed E-state index contributed by atoms with van der Waals surface area (Å²) in [6.45, 7) is 3.98. The van der Waals surface area contributed by atoms with Gasteiger partial charge in [0.05, 0.1) is 22.9 Å². The number of aromatic nitrogens is 1. The maximum absolute atomic E-state index is 12.2. The van der Waals surface area contributed by atoms with Crippen LogP contribution in [0.15, 0.2) is 18.2 Å². The fourth-order valence-corrected chi connectivity index (χ4v) is 5.01. The standard InChI is InChI=1S/C16H10I4N2O2/c1-7-8(2)21-14-12(6-9-3-4-10(17)11(18)5-9)24-16(23)22(20)15(14)13(7)19/h3-6H,1-2H3/b12-6-. The van der Waals surface area contributed by atoms with Gasteiger partial charge in [0.25, 0.3) is 0 Å². The Hall–Kier alpha value is 0.300. The minimum absolute atomic E-state index is 0.405. The number of rotatable bonds is 1. The fourth-order valence-electron chi connectivity index (χ4n) is 2.22. The number of amides is 1. The first-order valence-electron chi connectivity index (χ1n) is 6.81. The van der Waals surface area contributed by atoms with E-state index < -0.39 is 6.09 Å². The van der Waals surface area contributed by atoms with E-state index in [1.165, 1.54) is 6.68 Å². The minimum atomic E-state index is -0.405. The van der Waals surface area contributed by atoms with Crippen LogP contribution in [-0.2, 0) is 4.74 Å². The molecule has 0 unspecified atom stereocenters. The molecule has 2 heterocycles. The highest BCUT2D eigenvalue weighted by molar-refractivity contribution is 14.1. The van der Waals surface area contributed by atoms with Crippen LogP contribution in [0.3, 0.4) is 0 Å². The third kappa shape index (κ3) is 3.56. The number of anilines is 1. The summed E-state index contributed by atoms with van der Waals surface area (Å²) in [6.07, 6.45) is 1.47. The number of fused-ring (bicyclic) bond motifs is 1. The Morgan fingerprint density at radius 3 is 2.54 bits per heavy atom. The van der Waals surface area contributed by atoms with Crippen molar-refractivity contribution in [3.63, 3.8) is 0 Å². The second-order valence-electron chi connectivity index (χ2n) is 5.16. The van der Waals surface area contributed by atoms with E-state index in [1.807, 2.05) is 54.9 Å².